The summed E-state index contributed by atoms with van der Waals surface area (Å²) < 4.78 is 8.92. The highest BCUT2D eigenvalue weighted by Crippen LogP contribution is 2.55. The number of likely N-dealkylation sites (N-methyl/N-ethyl adjacent to an activating group) is 1. The van der Waals surface area contributed by atoms with Gasteiger partial charge in [-0.25, -0.2) is 4.99 Å². The van der Waals surface area contributed by atoms with Crippen LogP contribution in [-0.4, -0.2) is 22.5 Å². The molecular weight excluding hydrogens is 607 g/mol. The average molecular weight is 634 g/mol. The van der Waals surface area contributed by atoms with E-state index >= 15 is 0 Å². The van der Waals surface area contributed by atoms with Gasteiger partial charge in [0.1, 0.15) is 11.2 Å². The second kappa shape index (κ2) is 9.63. The van der Waals surface area contributed by atoms with E-state index in [9.17, 15) is 0 Å². The van der Waals surface area contributed by atoms with Gasteiger partial charge in [-0.1, -0.05) is 115 Å². The molecule has 48 heavy (non-hydrogen) atoms. The van der Waals surface area contributed by atoms with Gasteiger partial charge in [0.25, 0.3) is 0 Å². The molecule has 1 unspecified atom stereocenters. The molecule has 0 radical (unpaired) electrons. The Morgan fingerprint density at radius 2 is 1.38 bits per heavy atom. The highest BCUT2D eigenvalue weighted by atomic mass is 32.2. The summed E-state index contributed by atoms with van der Waals surface area (Å²) in [5.74, 6) is 0.909. The Bertz CT molecular complexity index is 2900. The fourth-order valence-electron chi connectivity index (χ4n) is 8.05. The molecule has 0 aliphatic carbocycles. The molecule has 226 valence electrons. The molecule has 5 heteroatoms. The van der Waals surface area contributed by atoms with E-state index in [-0.39, 0.29) is 6.04 Å². The minimum Gasteiger partial charge on any atom is -0.455 e. The number of aromatic nitrogens is 1. The van der Waals surface area contributed by atoms with Gasteiger partial charge in [-0.15, -0.1) is 0 Å². The summed E-state index contributed by atoms with van der Waals surface area (Å²) in [6.45, 7) is 0. The topological polar surface area (TPSA) is 33.7 Å². The second-order valence-electron chi connectivity index (χ2n) is 12.8. The molecule has 2 aliphatic rings. The van der Waals surface area contributed by atoms with Crippen LogP contribution in [0, 0.1) is 0 Å². The fraction of sp³-hybridized carbons (Fsp3) is 0.0465. The number of rotatable bonds is 1. The van der Waals surface area contributed by atoms with Gasteiger partial charge >= 0.3 is 0 Å². The van der Waals surface area contributed by atoms with E-state index in [4.69, 9.17) is 9.41 Å². The van der Waals surface area contributed by atoms with Crippen LogP contribution in [0.3, 0.4) is 0 Å². The van der Waals surface area contributed by atoms with Gasteiger partial charge in [-0.2, -0.15) is 0 Å². The third kappa shape index (κ3) is 3.49. The van der Waals surface area contributed by atoms with Crippen LogP contribution in [0.25, 0.3) is 71.0 Å². The molecule has 0 bridgehead atoms. The van der Waals surface area contributed by atoms with E-state index in [0.29, 0.717) is 0 Å². The van der Waals surface area contributed by atoms with Crippen LogP contribution in [0.15, 0.2) is 159 Å². The van der Waals surface area contributed by atoms with E-state index in [1.165, 1.54) is 36.9 Å². The van der Waals surface area contributed by atoms with Crippen molar-refractivity contribution >= 4 is 88.7 Å². The van der Waals surface area contributed by atoms with Crippen molar-refractivity contribution in [3.8, 4) is 0 Å². The Hall–Kier alpha value is -5.78. The smallest absolute Gasteiger partial charge is 0.211 e. The first-order valence-electron chi connectivity index (χ1n) is 16.3. The van der Waals surface area contributed by atoms with Crippen LogP contribution in [0.2, 0.25) is 0 Å². The summed E-state index contributed by atoms with van der Waals surface area (Å²) in [7, 11) is 2.20. The first-order chi connectivity index (χ1) is 23.7. The van der Waals surface area contributed by atoms with Crippen LogP contribution in [0.5, 0.6) is 0 Å². The molecule has 4 heterocycles. The summed E-state index contributed by atoms with van der Waals surface area (Å²) in [6.07, 6.45) is 0. The van der Waals surface area contributed by atoms with Gasteiger partial charge in [-0.05, 0) is 58.1 Å². The molecular formula is C43H27N3OS. The summed E-state index contributed by atoms with van der Waals surface area (Å²) in [5.41, 5.74) is 7.60. The van der Waals surface area contributed by atoms with Crippen molar-refractivity contribution in [3.05, 3.63) is 156 Å². The molecule has 0 fully saturated rings. The lowest BCUT2D eigenvalue weighted by Crippen LogP contribution is -2.38. The third-order valence-corrected chi connectivity index (χ3v) is 11.5. The van der Waals surface area contributed by atoms with Crippen molar-refractivity contribution in [1.82, 2.24) is 9.47 Å². The summed E-state index contributed by atoms with van der Waals surface area (Å²) >= 11 is 1.86. The van der Waals surface area contributed by atoms with Crippen LogP contribution < -0.4 is 0 Å². The van der Waals surface area contributed by atoms with Crippen molar-refractivity contribution in [2.45, 2.75) is 10.9 Å². The molecule has 0 saturated carbocycles. The number of nitrogens with zero attached hydrogens (tertiary/aromatic N) is 3. The van der Waals surface area contributed by atoms with Crippen molar-refractivity contribution in [3.63, 3.8) is 0 Å². The average Bonchev–Trinajstić information content (AvgIpc) is 3.81. The second-order valence-corrected chi connectivity index (χ2v) is 13.9. The number of aliphatic imine (C=N–C) groups is 1. The van der Waals surface area contributed by atoms with Crippen LogP contribution >= 0.6 is 11.8 Å². The number of hydrogen-bond acceptors (Lipinski definition) is 4. The first kappa shape index (κ1) is 26.3. The third-order valence-electron chi connectivity index (χ3n) is 10.2. The van der Waals surface area contributed by atoms with E-state index in [2.05, 4.69) is 150 Å². The van der Waals surface area contributed by atoms with E-state index in [1.807, 2.05) is 17.8 Å². The molecule has 0 N–H and O–H groups in total. The summed E-state index contributed by atoms with van der Waals surface area (Å²) in [6, 6.07) is 50.2. The van der Waals surface area contributed by atoms with Gasteiger partial charge in [0.2, 0.25) is 5.96 Å². The predicted octanol–water partition coefficient (Wildman–Crippen LogP) is 11.4. The molecule has 11 rings (SSSR count). The van der Waals surface area contributed by atoms with Crippen molar-refractivity contribution in [1.29, 1.82) is 0 Å². The number of fused-ring (bicyclic) bond motifs is 12. The zero-order valence-corrected chi connectivity index (χ0v) is 26.8. The number of thioether (sulfide) groups is 1. The molecule has 9 aromatic rings. The first-order valence-corrected chi connectivity index (χ1v) is 17.1. The molecule has 0 saturated heterocycles. The van der Waals surface area contributed by atoms with Crippen molar-refractivity contribution in [2.24, 2.45) is 4.99 Å². The minimum absolute atomic E-state index is 0.0476. The highest BCUT2D eigenvalue weighted by Gasteiger charge is 2.40. The van der Waals surface area contributed by atoms with E-state index in [1.54, 1.807) is 0 Å². The number of para-hydroxylation sites is 2. The molecule has 2 aliphatic heterocycles. The zero-order valence-electron chi connectivity index (χ0n) is 26.0. The zero-order chi connectivity index (χ0) is 31.5. The predicted molar refractivity (Wildman–Crippen MR) is 201 cm³/mol. The molecule has 2 aromatic heterocycles. The molecule has 0 amide bonds. The highest BCUT2D eigenvalue weighted by molar-refractivity contribution is 8.03. The van der Waals surface area contributed by atoms with Crippen LogP contribution in [0.1, 0.15) is 17.2 Å². The normalized spacial score (nSPS) is 16.1. The standard InChI is InChI=1S/C43H27N3OS/c1-45-40-32-16-6-9-20-38(32)48-42(40)39(30-17-10-12-25-11-2-3-13-27(25)30)44-43(45)46-35-18-7-4-14-28(35)34-23-26-21-22-31-29-15-5-8-19-37(29)47-41(31)33(26)24-36(34)46/h2-24,40H,1H3. The van der Waals surface area contributed by atoms with Gasteiger partial charge in [0.05, 0.1) is 22.8 Å². The largest absolute Gasteiger partial charge is 0.455 e. The molecule has 4 nitrogen and oxygen atoms in total. The number of benzene rings is 7. The molecule has 0 spiro atoms. The summed E-state index contributed by atoms with van der Waals surface area (Å²) in [4.78, 5) is 10.6. The van der Waals surface area contributed by atoms with Gasteiger partial charge < -0.3 is 9.32 Å². The van der Waals surface area contributed by atoms with Crippen molar-refractivity contribution in [2.75, 3.05) is 7.05 Å². The maximum atomic E-state index is 6.55. The minimum atomic E-state index is 0.0476. The maximum absolute atomic E-state index is 6.55. The van der Waals surface area contributed by atoms with Gasteiger partial charge in [0, 0.05) is 49.3 Å². The lowest BCUT2D eigenvalue weighted by molar-refractivity contribution is 0.418. The van der Waals surface area contributed by atoms with E-state index in [0.717, 1.165) is 61.0 Å². The Morgan fingerprint density at radius 1 is 0.604 bits per heavy atom. The Labute approximate surface area is 280 Å². The lowest BCUT2D eigenvalue weighted by atomic mass is 9.97. The SMILES string of the molecule is CN1C(n2c3ccccc3c3cc4ccc5c6ccccc6oc5c4cc32)=NC(c2cccc3ccccc23)=C2Sc3ccccc3C21. The van der Waals surface area contributed by atoms with Gasteiger partial charge in [-0.3, -0.25) is 4.57 Å². The monoisotopic (exact) mass is 633 g/mol. The summed E-state index contributed by atoms with van der Waals surface area (Å²) in [5, 5.41) is 9.38. The fourth-order valence-corrected chi connectivity index (χ4v) is 9.38. The van der Waals surface area contributed by atoms with Crippen LogP contribution in [0.4, 0.5) is 0 Å². The Morgan fingerprint density at radius 3 is 2.31 bits per heavy atom. The Balaban J connectivity index is 1.25. The molecule has 7 aromatic carbocycles. The number of furan rings is 1. The van der Waals surface area contributed by atoms with Gasteiger partial charge in [0.15, 0.2) is 0 Å². The van der Waals surface area contributed by atoms with Crippen LogP contribution in [-0.2, 0) is 0 Å². The quantitative estimate of drug-likeness (QED) is 0.180. The van der Waals surface area contributed by atoms with Crippen molar-refractivity contribution < 1.29 is 4.42 Å². The lowest BCUT2D eigenvalue weighted by Gasteiger charge is -2.34. The van der Waals surface area contributed by atoms with E-state index < -0.39 is 0 Å². The Kier molecular flexibility index (Phi) is 5.28. The maximum Gasteiger partial charge on any atom is 0.211 e. The molecule has 1 atom stereocenters. The number of hydrogen-bond donors (Lipinski definition) is 0.